The van der Waals surface area contributed by atoms with Crippen molar-refractivity contribution >= 4 is 11.6 Å². The molecule has 0 N–H and O–H groups in total. The highest BCUT2D eigenvalue weighted by molar-refractivity contribution is 6.16. The average molecular weight is 212 g/mol. The van der Waals surface area contributed by atoms with Gasteiger partial charge in [-0.3, -0.25) is 4.57 Å². The van der Waals surface area contributed by atoms with Crippen molar-refractivity contribution < 1.29 is 4.39 Å². The lowest BCUT2D eigenvalue weighted by Crippen LogP contribution is -2.00. The van der Waals surface area contributed by atoms with Gasteiger partial charge in [0.25, 0.3) is 0 Å². The molecule has 3 nitrogen and oxygen atoms in total. The fourth-order valence-electron chi connectivity index (χ4n) is 1.20. The van der Waals surface area contributed by atoms with Gasteiger partial charge in [0.15, 0.2) is 5.82 Å². The monoisotopic (exact) mass is 211 g/mol. The van der Waals surface area contributed by atoms with Crippen molar-refractivity contribution in [2.24, 2.45) is 0 Å². The van der Waals surface area contributed by atoms with Crippen molar-refractivity contribution in [3.63, 3.8) is 0 Å². The molecule has 1 aromatic carbocycles. The van der Waals surface area contributed by atoms with Crippen LogP contribution in [0.1, 0.15) is 5.82 Å². The first-order chi connectivity index (χ1) is 6.83. The molecule has 5 heteroatoms. The van der Waals surface area contributed by atoms with Gasteiger partial charge < -0.3 is 0 Å². The van der Waals surface area contributed by atoms with Gasteiger partial charge in [0.05, 0.1) is 11.6 Å². The number of aromatic nitrogens is 3. The molecular formula is C9H7ClFN3. The minimum Gasteiger partial charge on any atom is -0.282 e. The molecule has 0 unspecified atom stereocenters. The zero-order chi connectivity index (χ0) is 9.97. The number of halogens is 2. The molecule has 2 rings (SSSR count). The van der Waals surface area contributed by atoms with E-state index in [0.717, 1.165) is 0 Å². The lowest BCUT2D eigenvalue weighted by molar-refractivity contribution is 0.616. The molecular weight excluding hydrogens is 205 g/mol. The maximum atomic E-state index is 13.3. The van der Waals surface area contributed by atoms with E-state index in [1.54, 1.807) is 18.2 Å². The highest BCUT2D eigenvalue weighted by atomic mass is 35.5. The Morgan fingerprint density at radius 2 is 2.14 bits per heavy atom. The van der Waals surface area contributed by atoms with Crippen molar-refractivity contribution in [2.75, 3.05) is 0 Å². The summed E-state index contributed by atoms with van der Waals surface area (Å²) in [4.78, 5) is 0. The zero-order valence-electron chi connectivity index (χ0n) is 7.19. The summed E-state index contributed by atoms with van der Waals surface area (Å²) in [5, 5.41) is 7.44. The quantitative estimate of drug-likeness (QED) is 0.713. The van der Waals surface area contributed by atoms with Gasteiger partial charge in [0, 0.05) is 0 Å². The second-order valence-electron chi connectivity index (χ2n) is 2.70. The minimum atomic E-state index is -0.321. The maximum Gasteiger partial charge on any atom is 0.152 e. The number of hydrogen-bond donors (Lipinski definition) is 0. The van der Waals surface area contributed by atoms with E-state index in [1.807, 2.05) is 0 Å². The number of alkyl halides is 1. The van der Waals surface area contributed by atoms with Gasteiger partial charge in [-0.25, -0.2) is 4.39 Å². The van der Waals surface area contributed by atoms with E-state index in [4.69, 9.17) is 11.6 Å². The third-order valence-electron chi connectivity index (χ3n) is 1.85. The summed E-state index contributed by atoms with van der Waals surface area (Å²) >= 11 is 5.63. The van der Waals surface area contributed by atoms with Gasteiger partial charge in [-0.1, -0.05) is 12.1 Å². The van der Waals surface area contributed by atoms with Crippen LogP contribution >= 0.6 is 11.6 Å². The van der Waals surface area contributed by atoms with Crippen LogP contribution < -0.4 is 0 Å². The van der Waals surface area contributed by atoms with E-state index >= 15 is 0 Å². The van der Waals surface area contributed by atoms with Crippen LogP contribution in [0.5, 0.6) is 0 Å². The Labute approximate surface area is 85.1 Å². The van der Waals surface area contributed by atoms with Gasteiger partial charge in [-0.05, 0) is 12.1 Å². The lowest BCUT2D eigenvalue weighted by Gasteiger charge is -2.04. The predicted molar refractivity (Wildman–Crippen MR) is 50.9 cm³/mol. The van der Waals surface area contributed by atoms with E-state index in [1.165, 1.54) is 17.0 Å². The first-order valence-corrected chi connectivity index (χ1v) is 4.56. The molecule has 2 aromatic rings. The summed E-state index contributed by atoms with van der Waals surface area (Å²) in [6.45, 7) is 0. The van der Waals surface area contributed by atoms with Gasteiger partial charge in [0.2, 0.25) is 0 Å². The summed E-state index contributed by atoms with van der Waals surface area (Å²) in [5.74, 6) is 0.407. The molecule has 0 atom stereocenters. The third-order valence-corrected chi connectivity index (χ3v) is 2.09. The molecule has 0 aliphatic heterocycles. The van der Waals surface area contributed by atoms with Gasteiger partial charge in [-0.2, -0.15) is 0 Å². The maximum absolute atomic E-state index is 13.3. The number of para-hydroxylation sites is 1. The Morgan fingerprint density at radius 1 is 1.36 bits per heavy atom. The normalized spacial score (nSPS) is 10.4. The van der Waals surface area contributed by atoms with Crippen molar-refractivity contribution in [2.45, 2.75) is 5.88 Å². The molecule has 0 bridgehead atoms. The van der Waals surface area contributed by atoms with Gasteiger partial charge in [0.1, 0.15) is 12.1 Å². The van der Waals surface area contributed by atoms with E-state index in [9.17, 15) is 4.39 Å². The van der Waals surface area contributed by atoms with E-state index in [-0.39, 0.29) is 11.7 Å². The number of nitrogens with zero attached hydrogens (tertiary/aromatic N) is 3. The van der Waals surface area contributed by atoms with Crippen LogP contribution in [0.3, 0.4) is 0 Å². The third kappa shape index (κ3) is 1.48. The Morgan fingerprint density at radius 3 is 2.86 bits per heavy atom. The molecule has 1 heterocycles. The lowest BCUT2D eigenvalue weighted by atomic mass is 10.3. The molecule has 0 saturated heterocycles. The molecule has 72 valence electrons. The molecule has 0 fully saturated rings. The number of hydrogen-bond acceptors (Lipinski definition) is 2. The summed E-state index contributed by atoms with van der Waals surface area (Å²) in [6.07, 6.45) is 1.44. The second-order valence-corrected chi connectivity index (χ2v) is 2.97. The Hall–Kier alpha value is -1.42. The predicted octanol–water partition coefficient (Wildman–Crippen LogP) is 2.15. The van der Waals surface area contributed by atoms with Crippen LogP contribution in [0.4, 0.5) is 4.39 Å². The van der Waals surface area contributed by atoms with Gasteiger partial charge >= 0.3 is 0 Å². The van der Waals surface area contributed by atoms with E-state index in [2.05, 4.69) is 10.2 Å². The summed E-state index contributed by atoms with van der Waals surface area (Å²) in [7, 11) is 0. The molecule has 14 heavy (non-hydrogen) atoms. The summed E-state index contributed by atoms with van der Waals surface area (Å²) < 4.78 is 14.9. The van der Waals surface area contributed by atoms with Crippen LogP contribution in [0.15, 0.2) is 30.6 Å². The van der Waals surface area contributed by atoms with Crippen LogP contribution in [0, 0.1) is 5.82 Å². The Kier molecular flexibility index (Phi) is 2.45. The van der Waals surface area contributed by atoms with Gasteiger partial charge in [-0.15, -0.1) is 21.8 Å². The van der Waals surface area contributed by atoms with Crippen LogP contribution in [0.2, 0.25) is 0 Å². The zero-order valence-corrected chi connectivity index (χ0v) is 7.95. The van der Waals surface area contributed by atoms with Crippen molar-refractivity contribution in [1.82, 2.24) is 14.8 Å². The molecule has 0 aliphatic rings. The Balaban J connectivity index is 2.54. The Bertz CT molecular complexity index is 441. The van der Waals surface area contributed by atoms with Crippen molar-refractivity contribution in [3.05, 3.63) is 42.2 Å². The molecule has 0 amide bonds. The molecule has 1 aromatic heterocycles. The minimum absolute atomic E-state index is 0.203. The first-order valence-electron chi connectivity index (χ1n) is 4.02. The van der Waals surface area contributed by atoms with Crippen molar-refractivity contribution in [3.8, 4) is 5.69 Å². The van der Waals surface area contributed by atoms with Crippen molar-refractivity contribution in [1.29, 1.82) is 0 Å². The summed E-state index contributed by atoms with van der Waals surface area (Å²) in [6, 6.07) is 6.40. The molecule has 0 aliphatic carbocycles. The van der Waals surface area contributed by atoms with Crippen LogP contribution in [-0.2, 0) is 5.88 Å². The van der Waals surface area contributed by atoms with E-state index < -0.39 is 0 Å². The number of rotatable bonds is 2. The fourth-order valence-corrected chi connectivity index (χ4v) is 1.38. The molecule has 0 spiro atoms. The molecule has 0 radical (unpaired) electrons. The SMILES string of the molecule is Fc1ccccc1-n1cnnc1CCl. The van der Waals surface area contributed by atoms with Crippen LogP contribution in [-0.4, -0.2) is 14.8 Å². The largest absolute Gasteiger partial charge is 0.282 e. The average Bonchev–Trinajstić information content (AvgIpc) is 2.66. The second kappa shape index (κ2) is 3.75. The molecule has 0 saturated carbocycles. The van der Waals surface area contributed by atoms with Crippen LogP contribution in [0.25, 0.3) is 5.69 Å². The highest BCUT2D eigenvalue weighted by Gasteiger charge is 2.08. The first kappa shape index (κ1) is 9.15. The van der Waals surface area contributed by atoms with E-state index in [0.29, 0.717) is 11.5 Å². The smallest absolute Gasteiger partial charge is 0.152 e. The summed E-state index contributed by atoms with van der Waals surface area (Å²) in [5.41, 5.74) is 0.410. The standard InChI is InChI=1S/C9H7ClFN3/c10-5-9-13-12-6-14(9)8-4-2-1-3-7(8)11/h1-4,6H,5H2. The highest BCUT2D eigenvalue weighted by Crippen LogP contribution is 2.14. The topological polar surface area (TPSA) is 30.7 Å². The number of benzene rings is 1. The fraction of sp³-hybridized carbons (Fsp3) is 0.111.